The lowest BCUT2D eigenvalue weighted by atomic mass is 10.0. The minimum absolute atomic E-state index is 0.534. The summed E-state index contributed by atoms with van der Waals surface area (Å²) in [5, 5.41) is 4.34. The number of nitrogens with one attached hydrogen (secondary N) is 1. The van der Waals surface area contributed by atoms with Gasteiger partial charge in [-0.15, -0.1) is 0 Å². The fourth-order valence-electron chi connectivity index (χ4n) is 2.22. The molecule has 0 saturated carbocycles. The van der Waals surface area contributed by atoms with Crippen molar-refractivity contribution in [2.75, 3.05) is 6.54 Å². The van der Waals surface area contributed by atoms with Gasteiger partial charge in [-0.25, -0.2) is 0 Å². The van der Waals surface area contributed by atoms with E-state index in [1.54, 1.807) is 6.20 Å². The van der Waals surface area contributed by atoms with Crippen molar-refractivity contribution in [2.24, 2.45) is 0 Å². The smallest absolute Gasteiger partial charge is 0.0621 e. The summed E-state index contributed by atoms with van der Waals surface area (Å²) in [6.07, 6.45) is 11.1. The molecule has 18 heavy (non-hydrogen) atoms. The third-order valence-corrected chi connectivity index (χ3v) is 3.56. The number of likely N-dealkylation sites (N-methyl/N-ethyl adjacent to an activating group) is 1. The Morgan fingerprint density at radius 1 is 1.28 bits per heavy atom. The average molecular weight is 269 g/mol. The van der Waals surface area contributed by atoms with Crippen molar-refractivity contribution in [3.63, 3.8) is 0 Å². The summed E-state index contributed by atoms with van der Waals surface area (Å²) >= 11 is 6.16. The first-order valence-corrected chi connectivity index (χ1v) is 7.47. The molecule has 0 spiro atoms. The first-order chi connectivity index (χ1) is 8.77. The molecule has 1 heterocycles. The first-order valence-electron chi connectivity index (χ1n) is 7.09. The highest BCUT2D eigenvalue weighted by atomic mass is 35.5. The van der Waals surface area contributed by atoms with Gasteiger partial charge in [-0.2, -0.15) is 0 Å². The largest absolute Gasteiger partial charge is 0.314 e. The maximum atomic E-state index is 6.16. The van der Waals surface area contributed by atoms with Crippen LogP contribution in [-0.4, -0.2) is 17.6 Å². The third-order valence-electron chi connectivity index (χ3n) is 3.22. The van der Waals surface area contributed by atoms with Gasteiger partial charge in [0.1, 0.15) is 0 Å². The molecule has 0 aromatic carbocycles. The number of pyridine rings is 1. The Bertz CT molecular complexity index is 328. The Morgan fingerprint density at radius 2 is 2.11 bits per heavy atom. The van der Waals surface area contributed by atoms with E-state index < -0.39 is 0 Å². The molecule has 0 fully saturated rings. The summed E-state index contributed by atoms with van der Waals surface area (Å²) < 4.78 is 0. The van der Waals surface area contributed by atoms with Crippen molar-refractivity contribution in [3.05, 3.63) is 29.0 Å². The second kappa shape index (κ2) is 9.35. The summed E-state index contributed by atoms with van der Waals surface area (Å²) in [7, 11) is 0. The molecule has 1 rings (SSSR count). The third kappa shape index (κ3) is 5.83. The molecule has 1 unspecified atom stereocenters. The normalized spacial score (nSPS) is 12.6. The summed E-state index contributed by atoms with van der Waals surface area (Å²) in [4.78, 5) is 4.03. The van der Waals surface area contributed by atoms with Gasteiger partial charge in [0, 0.05) is 18.4 Å². The molecular formula is C15H25ClN2. The molecule has 1 atom stereocenters. The van der Waals surface area contributed by atoms with Gasteiger partial charge >= 0.3 is 0 Å². The SMILES string of the molecule is CCCCCCC(Cc1ccncc1Cl)NCC. The quantitative estimate of drug-likeness (QED) is 0.678. The standard InChI is InChI=1S/C15H25ClN2/c1-3-5-6-7-8-14(18-4-2)11-13-9-10-17-12-15(13)16/h9-10,12,14,18H,3-8,11H2,1-2H3. The Balaban J connectivity index is 2.44. The lowest BCUT2D eigenvalue weighted by Gasteiger charge is -2.18. The lowest BCUT2D eigenvalue weighted by Crippen LogP contribution is -2.31. The molecule has 1 aromatic heterocycles. The van der Waals surface area contributed by atoms with Crippen LogP contribution in [0.3, 0.4) is 0 Å². The van der Waals surface area contributed by atoms with Crippen LogP contribution in [0.2, 0.25) is 5.02 Å². The van der Waals surface area contributed by atoms with E-state index in [1.165, 1.54) is 37.7 Å². The molecule has 2 nitrogen and oxygen atoms in total. The van der Waals surface area contributed by atoms with Crippen LogP contribution in [0.25, 0.3) is 0 Å². The molecule has 102 valence electrons. The van der Waals surface area contributed by atoms with E-state index in [1.807, 2.05) is 12.3 Å². The summed E-state index contributed by atoms with van der Waals surface area (Å²) in [6, 6.07) is 2.56. The minimum Gasteiger partial charge on any atom is -0.314 e. The molecule has 1 aromatic rings. The molecule has 0 aliphatic heterocycles. The van der Waals surface area contributed by atoms with Crippen LogP contribution < -0.4 is 5.32 Å². The van der Waals surface area contributed by atoms with Gasteiger partial charge in [-0.3, -0.25) is 4.98 Å². The van der Waals surface area contributed by atoms with Crippen LogP contribution in [0.1, 0.15) is 51.5 Å². The van der Waals surface area contributed by atoms with Gasteiger partial charge in [-0.1, -0.05) is 51.1 Å². The second-order valence-electron chi connectivity index (χ2n) is 4.78. The van der Waals surface area contributed by atoms with E-state index in [2.05, 4.69) is 24.1 Å². The Labute approximate surface area is 116 Å². The minimum atomic E-state index is 0.534. The van der Waals surface area contributed by atoms with Gasteiger partial charge in [0.05, 0.1) is 5.02 Å². The monoisotopic (exact) mass is 268 g/mol. The fourth-order valence-corrected chi connectivity index (χ4v) is 2.41. The van der Waals surface area contributed by atoms with Crippen LogP contribution in [0.15, 0.2) is 18.5 Å². The Morgan fingerprint density at radius 3 is 2.78 bits per heavy atom. The maximum Gasteiger partial charge on any atom is 0.0621 e. The van der Waals surface area contributed by atoms with E-state index in [4.69, 9.17) is 11.6 Å². The predicted molar refractivity (Wildman–Crippen MR) is 79.2 cm³/mol. The molecule has 0 radical (unpaired) electrons. The number of unbranched alkanes of at least 4 members (excludes halogenated alkanes) is 3. The molecule has 3 heteroatoms. The van der Waals surface area contributed by atoms with Crippen LogP contribution >= 0.6 is 11.6 Å². The zero-order chi connectivity index (χ0) is 13.2. The van der Waals surface area contributed by atoms with Gasteiger partial charge in [0.25, 0.3) is 0 Å². The van der Waals surface area contributed by atoms with Crippen LogP contribution in [0.4, 0.5) is 0 Å². The van der Waals surface area contributed by atoms with E-state index in [9.17, 15) is 0 Å². The van der Waals surface area contributed by atoms with Crippen molar-refractivity contribution in [2.45, 2.75) is 58.4 Å². The van der Waals surface area contributed by atoms with Gasteiger partial charge in [0.15, 0.2) is 0 Å². The highest BCUT2D eigenvalue weighted by Gasteiger charge is 2.10. The van der Waals surface area contributed by atoms with Gasteiger partial charge in [0.2, 0.25) is 0 Å². The Kier molecular flexibility index (Phi) is 8.03. The molecule has 0 saturated heterocycles. The molecule has 0 aliphatic rings. The Hall–Kier alpha value is -0.600. The van der Waals surface area contributed by atoms with Crippen LogP contribution in [0.5, 0.6) is 0 Å². The van der Waals surface area contributed by atoms with E-state index >= 15 is 0 Å². The van der Waals surface area contributed by atoms with Crippen molar-refractivity contribution in [1.82, 2.24) is 10.3 Å². The molecule has 0 aliphatic carbocycles. The number of hydrogen-bond acceptors (Lipinski definition) is 2. The van der Waals surface area contributed by atoms with Gasteiger partial charge in [-0.05, 0) is 31.0 Å². The van der Waals surface area contributed by atoms with Crippen LogP contribution in [0, 0.1) is 0 Å². The van der Waals surface area contributed by atoms with Crippen LogP contribution in [-0.2, 0) is 6.42 Å². The topological polar surface area (TPSA) is 24.9 Å². The van der Waals surface area contributed by atoms with E-state index in [0.29, 0.717) is 6.04 Å². The average Bonchev–Trinajstić information content (AvgIpc) is 2.37. The van der Waals surface area contributed by atoms with Crippen molar-refractivity contribution >= 4 is 11.6 Å². The van der Waals surface area contributed by atoms with Gasteiger partial charge < -0.3 is 5.32 Å². The maximum absolute atomic E-state index is 6.16. The predicted octanol–water partition coefficient (Wildman–Crippen LogP) is 4.23. The molecular weight excluding hydrogens is 244 g/mol. The zero-order valence-electron chi connectivity index (χ0n) is 11.6. The number of hydrogen-bond donors (Lipinski definition) is 1. The highest BCUT2D eigenvalue weighted by molar-refractivity contribution is 6.31. The number of aromatic nitrogens is 1. The van der Waals surface area contributed by atoms with E-state index in [-0.39, 0.29) is 0 Å². The number of nitrogens with zero attached hydrogens (tertiary/aromatic N) is 1. The number of halogens is 1. The fraction of sp³-hybridized carbons (Fsp3) is 0.667. The second-order valence-corrected chi connectivity index (χ2v) is 5.18. The first kappa shape index (κ1) is 15.5. The lowest BCUT2D eigenvalue weighted by molar-refractivity contribution is 0.463. The number of rotatable bonds is 9. The zero-order valence-corrected chi connectivity index (χ0v) is 12.3. The van der Waals surface area contributed by atoms with Crippen molar-refractivity contribution in [3.8, 4) is 0 Å². The summed E-state index contributed by atoms with van der Waals surface area (Å²) in [5.41, 5.74) is 1.20. The molecule has 0 bridgehead atoms. The molecule has 1 N–H and O–H groups in total. The highest BCUT2D eigenvalue weighted by Crippen LogP contribution is 2.17. The van der Waals surface area contributed by atoms with E-state index in [0.717, 1.165) is 18.0 Å². The van der Waals surface area contributed by atoms with Crippen molar-refractivity contribution < 1.29 is 0 Å². The summed E-state index contributed by atoms with van der Waals surface area (Å²) in [6.45, 7) is 5.42. The van der Waals surface area contributed by atoms with Crippen molar-refractivity contribution in [1.29, 1.82) is 0 Å². The summed E-state index contributed by atoms with van der Waals surface area (Å²) in [5.74, 6) is 0. The molecule has 0 amide bonds.